The van der Waals surface area contributed by atoms with Crippen molar-refractivity contribution in [3.63, 3.8) is 0 Å². The highest BCUT2D eigenvalue weighted by molar-refractivity contribution is 6.01. The maximum Gasteiger partial charge on any atom is 0.180 e. The zero-order valence-corrected chi connectivity index (χ0v) is 11.0. The molecule has 0 saturated carbocycles. The van der Waals surface area contributed by atoms with E-state index >= 15 is 0 Å². The van der Waals surface area contributed by atoms with Crippen LogP contribution in [0.1, 0.15) is 27.0 Å². The van der Waals surface area contributed by atoms with Gasteiger partial charge in [-0.2, -0.15) is 0 Å². The van der Waals surface area contributed by atoms with E-state index < -0.39 is 0 Å². The molecule has 0 fully saturated rings. The van der Waals surface area contributed by atoms with Crippen LogP contribution in [0.25, 0.3) is 0 Å². The maximum atomic E-state index is 12.6. The molecule has 19 heavy (non-hydrogen) atoms. The van der Waals surface area contributed by atoms with Gasteiger partial charge in [0.15, 0.2) is 5.78 Å². The first-order valence-electron chi connectivity index (χ1n) is 6.66. The Morgan fingerprint density at radius 3 is 2.53 bits per heavy atom. The number of carbonyl (C=O) groups is 1. The van der Waals surface area contributed by atoms with Crippen LogP contribution in [0.2, 0.25) is 0 Å². The van der Waals surface area contributed by atoms with Crippen molar-refractivity contribution in [2.75, 3.05) is 0 Å². The number of rotatable bonds is 2. The third kappa shape index (κ3) is 2.32. The smallest absolute Gasteiger partial charge is 0.180 e. The van der Waals surface area contributed by atoms with Gasteiger partial charge in [-0.3, -0.25) is 4.79 Å². The van der Waals surface area contributed by atoms with Crippen LogP contribution in [-0.4, -0.2) is 11.8 Å². The van der Waals surface area contributed by atoms with E-state index in [0.29, 0.717) is 0 Å². The van der Waals surface area contributed by atoms with E-state index in [1.807, 2.05) is 43.3 Å². The van der Waals surface area contributed by atoms with Crippen LogP contribution >= 0.6 is 0 Å². The summed E-state index contributed by atoms with van der Waals surface area (Å²) in [7, 11) is 0. The lowest BCUT2D eigenvalue weighted by molar-refractivity contribution is 0.0937. The van der Waals surface area contributed by atoms with E-state index in [1.54, 1.807) is 0 Å². The maximum absolute atomic E-state index is 12.6. The van der Waals surface area contributed by atoms with Crippen LogP contribution in [0.5, 0.6) is 0 Å². The van der Waals surface area contributed by atoms with Crippen LogP contribution in [0.3, 0.4) is 0 Å². The summed E-state index contributed by atoms with van der Waals surface area (Å²) >= 11 is 0. The van der Waals surface area contributed by atoms with Crippen LogP contribution in [0, 0.1) is 6.92 Å². The Bertz CT molecular complexity index is 618. The Morgan fingerprint density at radius 1 is 1.05 bits per heavy atom. The highest BCUT2D eigenvalue weighted by Gasteiger charge is 2.25. The number of aryl methyl sites for hydroxylation is 1. The minimum absolute atomic E-state index is 0.101. The largest absolute Gasteiger partial charge is 0.303 e. The number of ketones is 1. The lowest BCUT2D eigenvalue weighted by atomic mass is 9.90. The normalized spacial score (nSPS) is 17.8. The average Bonchev–Trinajstić information content (AvgIpc) is 2.46. The lowest BCUT2D eigenvalue weighted by Crippen LogP contribution is -2.42. The first-order valence-corrected chi connectivity index (χ1v) is 6.66. The molecule has 0 bridgehead atoms. The molecule has 1 unspecified atom stereocenters. The standard InChI is InChI=1S/C17H17NO/c1-12-6-2-5-9-15(12)17(19)16-10-13-7-3-4-8-14(13)11-18-16/h2-9,16,18H,10-11H2,1H3. The molecule has 1 aliphatic rings. The number of nitrogens with one attached hydrogen (secondary N) is 1. The van der Waals surface area contributed by atoms with Gasteiger partial charge in [0.05, 0.1) is 6.04 Å². The summed E-state index contributed by atoms with van der Waals surface area (Å²) in [6.07, 6.45) is 0.781. The van der Waals surface area contributed by atoms with Crippen LogP contribution in [0.15, 0.2) is 48.5 Å². The van der Waals surface area contributed by atoms with Crippen molar-refractivity contribution in [2.45, 2.75) is 25.9 Å². The van der Waals surface area contributed by atoms with Gasteiger partial charge >= 0.3 is 0 Å². The summed E-state index contributed by atoms with van der Waals surface area (Å²) in [5, 5.41) is 3.35. The van der Waals surface area contributed by atoms with Gasteiger partial charge in [0.2, 0.25) is 0 Å². The highest BCUT2D eigenvalue weighted by atomic mass is 16.1. The van der Waals surface area contributed by atoms with Gasteiger partial charge in [-0.05, 0) is 30.0 Å². The van der Waals surface area contributed by atoms with E-state index in [-0.39, 0.29) is 11.8 Å². The van der Waals surface area contributed by atoms with Crippen molar-refractivity contribution >= 4 is 5.78 Å². The number of fused-ring (bicyclic) bond motifs is 1. The number of hydrogen-bond donors (Lipinski definition) is 1. The Hall–Kier alpha value is -1.93. The van der Waals surface area contributed by atoms with Crippen molar-refractivity contribution in [2.24, 2.45) is 0 Å². The first kappa shape index (κ1) is 12.1. The molecule has 2 aromatic carbocycles. The fraction of sp³-hybridized carbons (Fsp3) is 0.235. The molecule has 0 aliphatic carbocycles. The molecule has 0 spiro atoms. The Balaban J connectivity index is 1.86. The van der Waals surface area contributed by atoms with Gasteiger partial charge in [-0.25, -0.2) is 0 Å². The van der Waals surface area contributed by atoms with Crippen LogP contribution in [0.4, 0.5) is 0 Å². The molecular weight excluding hydrogens is 234 g/mol. The number of Topliss-reactive ketones (excluding diaryl/α,β-unsaturated/α-hetero) is 1. The molecule has 2 aromatic rings. The van der Waals surface area contributed by atoms with E-state index in [9.17, 15) is 4.79 Å². The summed E-state index contributed by atoms with van der Waals surface area (Å²) in [6, 6.07) is 16.0. The highest BCUT2D eigenvalue weighted by Crippen LogP contribution is 2.19. The Kier molecular flexibility index (Phi) is 3.18. The van der Waals surface area contributed by atoms with Gasteiger partial charge in [0, 0.05) is 12.1 Å². The topological polar surface area (TPSA) is 29.1 Å². The average molecular weight is 251 g/mol. The molecule has 96 valence electrons. The second-order valence-corrected chi connectivity index (χ2v) is 5.09. The second kappa shape index (κ2) is 4.98. The minimum Gasteiger partial charge on any atom is -0.303 e. The van der Waals surface area contributed by atoms with Crippen LogP contribution in [-0.2, 0) is 13.0 Å². The van der Waals surface area contributed by atoms with Crippen molar-refractivity contribution in [3.05, 3.63) is 70.8 Å². The predicted molar refractivity (Wildman–Crippen MR) is 76.3 cm³/mol. The van der Waals surface area contributed by atoms with Gasteiger partial charge in [-0.1, -0.05) is 48.5 Å². The first-order chi connectivity index (χ1) is 9.25. The fourth-order valence-corrected chi connectivity index (χ4v) is 2.68. The fourth-order valence-electron chi connectivity index (χ4n) is 2.68. The van der Waals surface area contributed by atoms with E-state index in [4.69, 9.17) is 0 Å². The summed E-state index contributed by atoms with van der Waals surface area (Å²) in [5.74, 6) is 0.201. The summed E-state index contributed by atoms with van der Waals surface area (Å²) < 4.78 is 0. The molecule has 0 saturated heterocycles. The molecule has 0 amide bonds. The number of carbonyl (C=O) groups excluding carboxylic acids is 1. The Labute approximate surface area is 113 Å². The van der Waals surface area contributed by atoms with Gasteiger partial charge in [-0.15, -0.1) is 0 Å². The molecule has 3 rings (SSSR count). The van der Waals surface area contributed by atoms with E-state index in [1.165, 1.54) is 11.1 Å². The number of benzene rings is 2. The second-order valence-electron chi connectivity index (χ2n) is 5.09. The summed E-state index contributed by atoms with van der Waals surface area (Å²) in [6.45, 7) is 2.77. The molecule has 2 nitrogen and oxygen atoms in total. The van der Waals surface area contributed by atoms with Gasteiger partial charge in [0.1, 0.15) is 0 Å². The molecule has 1 aliphatic heterocycles. The van der Waals surface area contributed by atoms with E-state index in [0.717, 1.165) is 24.1 Å². The quantitative estimate of drug-likeness (QED) is 0.831. The Morgan fingerprint density at radius 2 is 1.74 bits per heavy atom. The summed E-state index contributed by atoms with van der Waals surface area (Å²) in [5.41, 5.74) is 4.47. The zero-order chi connectivity index (χ0) is 13.2. The zero-order valence-electron chi connectivity index (χ0n) is 11.0. The molecule has 2 heteroatoms. The molecule has 0 aromatic heterocycles. The molecular formula is C17H17NO. The predicted octanol–water partition coefficient (Wildman–Crippen LogP) is 2.89. The van der Waals surface area contributed by atoms with Gasteiger partial charge < -0.3 is 5.32 Å². The van der Waals surface area contributed by atoms with Crippen LogP contribution < -0.4 is 5.32 Å². The summed E-state index contributed by atoms with van der Waals surface area (Å²) in [4.78, 5) is 12.6. The molecule has 1 N–H and O–H groups in total. The van der Waals surface area contributed by atoms with Crippen molar-refractivity contribution in [1.82, 2.24) is 5.32 Å². The lowest BCUT2D eigenvalue weighted by Gasteiger charge is -2.25. The molecule has 1 heterocycles. The molecule has 0 radical (unpaired) electrons. The van der Waals surface area contributed by atoms with Crippen molar-refractivity contribution in [1.29, 1.82) is 0 Å². The third-order valence-corrected chi connectivity index (χ3v) is 3.81. The third-order valence-electron chi connectivity index (χ3n) is 3.81. The van der Waals surface area contributed by atoms with Crippen molar-refractivity contribution < 1.29 is 4.79 Å². The minimum atomic E-state index is -0.101. The molecule has 1 atom stereocenters. The number of hydrogen-bond acceptors (Lipinski definition) is 2. The van der Waals surface area contributed by atoms with Crippen molar-refractivity contribution in [3.8, 4) is 0 Å². The van der Waals surface area contributed by atoms with E-state index in [2.05, 4.69) is 17.4 Å². The monoisotopic (exact) mass is 251 g/mol. The SMILES string of the molecule is Cc1ccccc1C(=O)C1Cc2ccccc2CN1. The van der Waals surface area contributed by atoms with Gasteiger partial charge in [0.25, 0.3) is 0 Å².